The Hall–Kier alpha value is -3.78. The molecule has 0 aliphatic heterocycles. The summed E-state index contributed by atoms with van der Waals surface area (Å²) < 4.78 is 7.09. The van der Waals surface area contributed by atoms with Gasteiger partial charge < -0.3 is 19.9 Å². The number of amides is 2. The molecule has 4 rings (SSSR count). The van der Waals surface area contributed by atoms with Crippen molar-refractivity contribution < 1.29 is 14.3 Å². The smallest absolute Gasteiger partial charge is 0.257 e. The van der Waals surface area contributed by atoms with Crippen LogP contribution in [0.2, 0.25) is 0 Å². The Balaban J connectivity index is 1.42. The fourth-order valence-electron chi connectivity index (χ4n) is 3.23. The van der Waals surface area contributed by atoms with E-state index in [1.54, 1.807) is 55.6 Å². The second-order valence-corrected chi connectivity index (χ2v) is 7.95. The molecule has 162 valence electrons. The molecule has 0 fully saturated rings. The summed E-state index contributed by atoms with van der Waals surface area (Å²) in [6.45, 7) is 0. The molecule has 4 aromatic rings. The predicted molar refractivity (Wildman–Crippen MR) is 127 cm³/mol. The number of anilines is 2. The molecule has 8 heteroatoms. The summed E-state index contributed by atoms with van der Waals surface area (Å²) in [4.78, 5) is 30.0. The number of methoxy groups -OCH3 is 1. The second kappa shape index (κ2) is 9.57. The minimum absolute atomic E-state index is 0.172. The number of para-hydroxylation sites is 3. The lowest BCUT2D eigenvalue weighted by Gasteiger charge is -2.12. The number of fused-ring (bicyclic) bond motifs is 1. The number of hydrogen-bond donors (Lipinski definition) is 2. The highest BCUT2D eigenvalue weighted by Gasteiger charge is 2.15. The van der Waals surface area contributed by atoms with Crippen molar-refractivity contribution in [2.24, 2.45) is 7.05 Å². The van der Waals surface area contributed by atoms with Crippen LogP contribution in [0.1, 0.15) is 10.4 Å². The van der Waals surface area contributed by atoms with Crippen molar-refractivity contribution in [3.05, 3.63) is 78.4 Å². The van der Waals surface area contributed by atoms with Gasteiger partial charge >= 0.3 is 0 Å². The molecular formula is C24H22N4O3S. The minimum Gasteiger partial charge on any atom is -0.497 e. The Morgan fingerprint density at radius 1 is 0.969 bits per heavy atom. The van der Waals surface area contributed by atoms with E-state index in [0.29, 0.717) is 22.7 Å². The van der Waals surface area contributed by atoms with Gasteiger partial charge in [-0.3, -0.25) is 9.59 Å². The van der Waals surface area contributed by atoms with E-state index >= 15 is 0 Å². The molecule has 1 heterocycles. The number of imidazole rings is 1. The Morgan fingerprint density at radius 3 is 2.44 bits per heavy atom. The van der Waals surface area contributed by atoms with Gasteiger partial charge in [0.15, 0.2) is 5.16 Å². The van der Waals surface area contributed by atoms with Gasteiger partial charge in [-0.15, -0.1) is 0 Å². The number of carbonyl (C=O) groups excluding carboxylic acids is 2. The lowest BCUT2D eigenvalue weighted by molar-refractivity contribution is -0.113. The van der Waals surface area contributed by atoms with Crippen molar-refractivity contribution in [2.45, 2.75) is 5.16 Å². The first-order valence-electron chi connectivity index (χ1n) is 9.93. The molecule has 0 spiro atoms. The summed E-state index contributed by atoms with van der Waals surface area (Å²) in [5, 5.41) is 6.44. The number of carbonyl (C=O) groups is 2. The summed E-state index contributed by atoms with van der Waals surface area (Å²) in [7, 11) is 3.51. The predicted octanol–water partition coefficient (Wildman–Crippen LogP) is 4.57. The number of hydrogen-bond acceptors (Lipinski definition) is 5. The highest BCUT2D eigenvalue weighted by Crippen LogP contribution is 2.24. The first-order valence-corrected chi connectivity index (χ1v) is 10.9. The molecule has 7 nitrogen and oxygen atoms in total. The van der Waals surface area contributed by atoms with Crippen LogP contribution < -0.4 is 15.4 Å². The topological polar surface area (TPSA) is 85.2 Å². The Kier molecular flexibility index (Phi) is 6.42. The van der Waals surface area contributed by atoms with Gasteiger partial charge in [-0.25, -0.2) is 4.98 Å². The third kappa shape index (κ3) is 4.76. The van der Waals surface area contributed by atoms with E-state index in [-0.39, 0.29) is 17.6 Å². The Morgan fingerprint density at radius 2 is 1.69 bits per heavy atom. The van der Waals surface area contributed by atoms with Crippen LogP contribution in [0.5, 0.6) is 5.75 Å². The zero-order valence-corrected chi connectivity index (χ0v) is 18.5. The first-order chi connectivity index (χ1) is 15.5. The van der Waals surface area contributed by atoms with Crippen molar-refractivity contribution in [1.82, 2.24) is 9.55 Å². The maximum atomic E-state index is 12.8. The van der Waals surface area contributed by atoms with Crippen LogP contribution >= 0.6 is 11.8 Å². The maximum absolute atomic E-state index is 12.8. The number of nitrogens with zero attached hydrogens (tertiary/aromatic N) is 2. The average Bonchev–Trinajstić information content (AvgIpc) is 3.14. The van der Waals surface area contributed by atoms with Crippen LogP contribution in [-0.2, 0) is 11.8 Å². The molecule has 0 radical (unpaired) electrons. The number of nitrogens with one attached hydrogen (secondary N) is 2. The molecule has 0 atom stereocenters. The highest BCUT2D eigenvalue weighted by molar-refractivity contribution is 7.99. The number of aromatic nitrogens is 2. The van der Waals surface area contributed by atoms with Gasteiger partial charge in [0.1, 0.15) is 5.75 Å². The van der Waals surface area contributed by atoms with Gasteiger partial charge in [0.25, 0.3) is 5.91 Å². The fourth-order valence-corrected chi connectivity index (χ4v) is 4.02. The number of aryl methyl sites for hydroxylation is 1. The van der Waals surface area contributed by atoms with E-state index in [0.717, 1.165) is 16.2 Å². The molecule has 32 heavy (non-hydrogen) atoms. The van der Waals surface area contributed by atoms with E-state index in [9.17, 15) is 9.59 Å². The van der Waals surface area contributed by atoms with Gasteiger partial charge in [-0.05, 0) is 48.5 Å². The van der Waals surface area contributed by atoms with Crippen LogP contribution in [-0.4, -0.2) is 34.2 Å². The largest absolute Gasteiger partial charge is 0.497 e. The molecule has 0 aliphatic rings. The summed E-state index contributed by atoms with van der Waals surface area (Å²) >= 11 is 1.35. The van der Waals surface area contributed by atoms with E-state index < -0.39 is 0 Å². The van der Waals surface area contributed by atoms with E-state index in [2.05, 4.69) is 15.6 Å². The summed E-state index contributed by atoms with van der Waals surface area (Å²) in [6.07, 6.45) is 0. The number of thioether (sulfide) groups is 1. The average molecular weight is 447 g/mol. The van der Waals surface area contributed by atoms with Crippen molar-refractivity contribution in [3.8, 4) is 5.75 Å². The molecule has 0 saturated heterocycles. The molecule has 0 saturated carbocycles. The molecule has 2 amide bonds. The van der Waals surface area contributed by atoms with Crippen LogP contribution in [0, 0.1) is 0 Å². The summed E-state index contributed by atoms with van der Waals surface area (Å²) in [6, 6.07) is 21.8. The number of ether oxygens (including phenoxy) is 1. The van der Waals surface area contributed by atoms with Gasteiger partial charge in [0.05, 0.1) is 35.1 Å². The molecule has 3 aromatic carbocycles. The van der Waals surface area contributed by atoms with Gasteiger partial charge in [0, 0.05) is 12.7 Å². The Bertz CT molecular complexity index is 1270. The van der Waals surface area contributed by atoms with Crippen molar-refractivity contribution >= 4 is 46.0 Å². The van der Waals surface area contributed by atoms with E-state index in [4.69, 9.17) is 4.74 Å². The number of benzene rings is 3. The third-order valence-corrected chi connectivity index (χ3v) is 5.90. The third-order valence-electron chi connectivity index (χ3n) is 4.87. The Labute approximate surface area is 189 Å². The monoisotopic (exact) mass is 446 g/mol. The fraction of sp³-hybridized carbons (Fsp3) is 0.125. The molecule has 1 aromatic heterocycles. The summed E-state index contributed by atoms with van der Waals surface area (Å²) in [5.74, 6) is 0.348. The summed E-state index contributed by atoms with van der Waals surface area (Å²) in [5.41, 5.74) is 3.36. The zero-order chi connectivity index (χ0) is 22.5. The van der Waals surface area contributed by atoms with Crippen LogP contribution in [0.3, 0.4) is 0 Å². The highest BCUT2D eigenvalue weighted by atomic mass is 32.2. The van der Waals surface area contributed by atoms with E-state index in [1.807, 2.05) is 35.9 Å². The molecule has 0 bridgehead atoms. The quantitative estimate of drug-likeness (QED) is 0.407. The SMILES string of the molecule is COc1ccc(NC(=O)c2ccccc2NC(=O)CSc2nc3ccccc3n2C)cc1. The zero-order valence-electron chi connectivity index (χ0n) is 17.7. The normalized spacial score (nSPS) is 10.7. The van der Waals surface area contributed by atoms with Gasteiger partial charge in [-0.1, -0.05) is 36.0 Å². The van der Waals surface area contributed by atoms with Crippen LogP contribution in [0.25, 0.3) is 11.0 Å². The molecule has 0 aliphatic carbocycles. The standard InChI is InChI=1S/C24H22N4O3S/c1-28-21-10-6-5-9-20(21)27-24(28)32-15-22(29)26-19-8-4-3-7-18(19)23(30)25-16-11-13-17(31-2)14-12-16/h3-14H,15H2,1-2H3,(H,25,30)(H,26,29). The lowest BCUT2D eigenvalue weighted by Crippen LogP contribution is -2.19. The lowest BCUT2D eigenvalue weighted by atomic mass is 10.1. The van der Waals surface area contributed by atoms with Crippen LogP contribution in [0.4, 0.5) is 11.4 Å². The van der Waals surface area contributed by atoms with E-state index in [1.165, 1.54) is 11.8 Å². The molecule has 2 N–H and O–H groups in total. The molecular weight excluding hydrogens is 424 g/mol. The minimum atomic E-state index is -0.311. The van der Waals surface area contributed by atoms with Crippen molar-refractivity contribution in [2.75, 3.05) is 23.5 Å². The number of rotatable bonds is 7. The maximum Gasteiger partial charge on any atom is 0.257 e. The second-order valence-electron chi connectivity index (χ2n) is 7.01. The van der Waals surface area contributed by atoms with Crippen molar-refractivity contribution in [3.63, 3.8) is 0 Å². The first kappa shape index (κ1) is 21.5. The van der Waals surface area contributed by atoms with Crippen LogP contribution in [0.15, 0.2) is 78.0 Å². The van der Waals surface area contributed by atoms with Crippen molar-refractivity contribution in [1.29, 1.82) is 0 Å². The van der Waals surface area contributed by atoms with Gasteiger partial charge in [-0.2, -0.15) is 0 Å². The molecule has 0 unspecified atom stereocenters. The van der Waals surface area contributed by atoms with Gasteiger partial charge in [0.2, 0.25) is 5.91 Å².